The highest BCUT2D eigenvalue weighted by Crippen LogP contribution is 2.29. The molecule has 0 atom stereocenters. The number of halogens is 1. The van der Waals surface area contributed by atoms with Crippen molar-refractivity contribution in [2.75, 3.05) is 31.8 Å². The molecule has 5 nitrogen and oxygen atoms in total. The smallest absolute Gasteiger partial charge is 0.293 e. The fraction of sp³-hybridized carbons (Fsp3) is 0.300. The van der Waals surface area contributed by atoms with Gasteiger partial charge in [-0.15, -0.1) is 0 Å². The van der Waals surface area contributed by atoms with Crippen molar-refractivity contribution in [3.63, 3.8) is 0 Å². The molecule has 0 saturated carbocycles. The largest absolute Gasteiger partial charge is 1.00 e. The molecule has 0 unspecified atom stereocenters. The van der Waals surface area contributed by atoms with Crippen LogP contribution in [0.5, 0.6) is 5.75 Å². The van der Waals surface area contributed by atoms with Crippen molar-refractivity contribution in [3.8, 4) is 5.75 Å². The standard InChI is InChI=1S/C20H23N2O3.ClH/c1-24-19-8-4-3-7-18(19)22(15-17-9-13-25-14-10-17)20(23)16-21-11-5-2-6-12-21;/h2-9,11-12H,10,13-16H2,1H3;1H/q+1;/p-1. The topological polar surface area (TPSA) is 42.7 Å². The van der Waals surface area contributed by atoms with E-state index in [4.69, 9.17) is 9.47 Å². The van der Waals surface area contributed by atoms with Crippen LogP contribution in [0.4, 0.5) is 5.69 Å². The number of rotatable bonds is 6. The number of amides is 1. The van der Waals surface area contributed by atoms with Crippen molar-refractivity contribution in [1.29, 1.82) is 0 Å². The van der Waals surface area contributed by atoms with Crippen LogP contribution in [-0.4, -0.2) is 32.8 Å². The molecule has 6 heteroatoms. The van der Waals surface area contributed by atoms with Crippen LogP contribution in [0.15, 0.2) is 66.5 Å². The van der Waals surface area contributed by atoms with E-state index in [9.17, 15) is 4.79 Å². The number of nitrogens with zero attached hydrogens (tertiary/aromatic N) is 2. The van der Waals surface area contributed by atoms with Gasteiger partial charge in [-0.25, -0.2) is 0 Å². The summed E-state index contributed by atoms with van der Waals surface area (Å²) >= 11 is 0. The molecule has 2 heterocycles. The van der Waals surface area contributed by atoms with E-state index in [1.54, 1.807) is 12.0 Å². The lowest BCUT2D eigenvalue weighted by Gasteiger charge is -2.26. The minimum absolute atomic E-state index is 0. The van der Waals surface area contributed by atoms with Gasteiger partial charge in [0.15, 0.2) is 12.4 Å². The van der Waals surface area contributed by atoms with E-state index < -0.39 is 0 Å². The molecule has 1 aromatic heterocycles. The summed E-state index contributed by atoms with van der Waals surface area (Å²) in [5.41, 5.74) is 2.00. The van der Waals surface area contributed by atoms with Gasteiger partial charge in [-0.1, -0.05) is 24.3 Å². The Hall–Kier alpha value is -2.37. The summed E-state index contributed by atoms with van der Waals surface area (Å²) in [5.74, 6) is 0.717. The first kappa shape index (κ1) is 19.9. The lowest BCUT2D eigenvalue weighted by Crippen LogP contribution is -3.00. The molecule has 1 aliphatic heterocycles. The number of hydrogen-bond acceptors (Lipinski definition) is 3. The Kier molecular flexibility index (Phi) is 7.63. The van der Waals surface area contributed by atoms with Crippen LogP contribution in [0.1, 0.15) is 6.42 Å². The molecule has 0 radical (unpaired) electrons. The van der Waals surface area contributed by atoms with Crippen LogP contribution in [0.25, 0.3) is 0 Å². The van der Waals surface area contributed by atoms with Gasteiger partial charge in [0, 0.05) is 18.7 Å². The van der Waals surface area contributed by atoms with E-state index in [1.165, 1.54) is 5.57 Å². The average Bonchev–Trinajstić information content (AvgIpc) is 2.67. The molecule has 0 fully saturated rings. The zero-order chi connectivity index (χ0) is 17.5. The van der Waals surface area contributed by atoms with Crippen LogP contribution in [0.3, 0.4) is 0 Å². The maximum Gasteiger partial charge on any atom is 0.293 e. The van der Waals surface area contributed by atoms with Crippen LogP contribution in [-0.2, 0) is 16.1 Å². The molecule has 1 amide bonds. The second-order valence-electron chi connectivity index (χ2n) is 5.89. The number of hydrogen-bond donors (Lipinski definition) is 0. The van der Waals surface area contributed by atoms with Gasteiger partial charge in [0.05, 0.1) is 26.0 Å². The second kappa shape index (κ2) is 9.94. The molecule has 0 aliphatic carbocycles. The number of para-hydroxylation sites is 2. The molecule has 1 aliphatic rings. The van der Waals surface area contributed by atoms with Crippen molar-refractivity contribution >= 4 is 11.6 Å². The summed E-state index contributed by atoms with van der Waals surface area (Å²) < 4.78 is 12.7. The zero-order valence-electron chi connectivity index (χ0n) is 14.8. The molecule has 138 valence electrons. The molecule has 0 saturated heterocycles. The molecule has 0 spiro atoms. The minimum atomic E-state index is 0. The van der Waals surface area contributed by atoms with E-state index >= 15 is 0 Å². The number of aromatic nitrogens is 1. The summed E-state index contributed by atoms with van der Waals surface area (Å²) in [6.07, 6.45) is 6.70. The Balaban J connectivity index is 0.00000243. The van der Waals surface area contributed by atoms with E-state index in [2.05, 4.69) is 6.08 Å². The molecule has 0 bridgehead atoms. The molecule has 2 aromatic rings. The first-order valence-electron chi connectivity index (χ1n) is 8.41. The van der Waals surface area contributed by atoms with Crippen molar-refractivity contribution < 1.29 is 31.2 Å². The Bertz CT molecular complexity index is 750. The van der Waals surface area contributed by atoms with Crippen molar-refractivity contribution in [2.45, 2.75) is 13.0 Å². The summed E-state index contributed by atoms with van der Waals surface area (Å²) in [6.45, 7) is 2.14. The Morgan fingerprint density at radius 3 is 2.65 bits per heavy atom. The second-order valence-corrected chi connectivity index (χ2v) is 5.89. The number of ether oxygens (including phenoxy) is 2. The van der Waals surface area contributed by atoms with Gasteiger partial charge >= 0.3 is 0 Å². The number of methoxy groups -OCH3 is 1. The van der Waals surface area contributed by atoms with Gasteiger partial charge in [0.2, 0.25) is 6.54 Å². The van der Waals surface area contributed by atoms with Crippen molar-refractivity contribution in [3.05, 3.63) is 66.5 Å². The Labute approximate surface area is 160 Å². The van der Waals surface area contributed by atoms with Crippen LogP contribution < -0.4 is 26.6 Å². The normalized spacial score (nSPS) is 13.3. The fourth-order valence-electron chi connectivity index (χ4n) is 2.85. The van der Waals surface area contributed by atoms with Gasteiger partial charge in [0.25, 0.3) is 5.91 Å². The molecule has 3 rings (SSSR count). The monoisotopic (exact) mass is 374 g/mol. The highest BCUT2D eigenvalue weighted by molar-refractivity contribution is 5.94. The summed E-state index contributed by atoms with van der Waals surface area (Å²) in [6, 6.07) is 13.4. The van der Waals surface area contributed by atoms with Gasteiger partial charge in [-0.3, -0.25) is 9.69 Å². The summed E-state index contributed by atoms with van der Waals surface area (Å²) in [4.78, 5) is 14.8. The summed E-state index contributed by atoms with van der Waals surface area (Å²) in [5, 5.41) is 0. The first-order chi connectivity index (χ1) is 12.3. The molecule has 0 N–H and O–H groups in total. The van der Waals surface area contributed by atoms with E-state index in [1.807, 2.05) is 59.4 Å². The first-order valence-corrected chi connectivity index (χ1v) is 8.41. The average molecular weight is 375 g/mol. The number of anilines is 1. The molecular weight excluding hydrogens is 352 g/mol. The number of carbonyl (C=O) groups excluding carboxylic acids is 1. The highest BCUT2D eigenvalue weighted by atomic mass is 35.5. The Morgan fingerprint density at radius 2 is 1.96 bits per heavy atom. The van der Waals surface area contributed by atoms with Gasteiger partial charge in [-0.2, -0.15) is 4.57 Å². The van der Waals surface area contributed by atoms with Crippen molar-refractivity contribution in [1.82, 2.24) is 0 Å². The quantitative estimate of drug-likeness (QED) is 0.499. The predicted octanol–water partition coefficient (Wildman–Crippen LogP) is -0.633. The SMILES string of the molecule is COc1ccccc1N(CC1=CCOCC1)C(=O)C[n+]1ccccc1.[Cl-]. The third-order valence-electron chi connectivity index (χ3n) is 4.19. The Morgan fingerprint density at radius 1 is 1.19 bits per heavy atom. The molecule has 1 aromatic carbocycles. The van der Waals surface area contributed by atoms with Gasteiger partial charge < -0.3 is 21.9 Å². The van der Waals surface area contributed by atoms with Crippen LogP contribution in [0.2, 0.25) is 0 Å². The maximum absolute atomic E-state index is 13.0. The maximum atomic E-state index is 13.0. The minimum Gasteiger partial charge on any atom is -1.00 e. The number of carbonyl (C=O) groups is 1. The van der Waals surface area contributed by atoms with Crippen LogP contribution >= 0.6 is 0 Å². The fourth-order valence-corrected chi connectivity index (χ4v) is 2.85. The molecule has 26 heavy (non-hydrogen) atoms. The van der Waals surface area contributed by atoms with E-state index in [0.717, 1.165) is 12.1 Å². The van der Waals surface area contributed by atoms with E-state index in [0.29, 0.717) is 25.5 Å². The van der Waals surface area contributed by atoms with Gasteiger partial charge in [-0.05, 0) is 24.1 Å². The lowest BCUT2D eigenvalue weighted by molar-refractivity contribution is -0.684. The van der Waals surface area contributed by atoms with Gasteiger partial charge in [0.1, 0.15) is 5.75 Å². The highest BCUT2D eigenvalue weighted by Gasteiger charge is 2.23. The summed E-state index contributed by atoms with van der Waals surface area (Å²) in [7, 11) is 1.63. The molecular formula is C20H23ClN2O3. The van der Waals surface area contributed by atoms with Crippen LogP contribution in [0, 0.1) is 0 Å². The van der Waals surface area contributed by atoms with E-state index in [-0.39, 0.29) is 24.9 Å². The predicted molar refractivity (Wildman–Crippen MR) is 95.5 cm³/mol. The number of pyridine rings is 1. The third kappa shape index (κ3) is 5.07. The van der Waals surface area contributed by atoms with Crippen molar-refractivity contribution in [2.24, 2.45) is 0 Å². The number of benzene rings is 1. The third-order valence-corrected chi connectivity index (χ3v) is 4.19. The zero-order valence-corrected chi connectivity index (χ0v) is 15.6. The lowest BCUT2D eigenvalue weighted by atomic mass is 10.1.